The van der Waals surface area contributed by atoms with Crippen molar-refractivity contribution in [2.45, 2.75) is 44.6 Å². The number of rotatable bonds is 1. The molecular formula is C11H21NO. The van der Waals surface area contributed by atoms with E-state index < -0.39 is 0 Å². The summed E-state index contributed by atoms with van der Waals surface area (Å²) in [6, 6.07) is 0. The summed E-state index contributed by atoms with van der Waals surface area (Å²) in [5.74, 6) is 1.54. The minimum Gasteiger partial charge on any atom is -0.375 e. The molecular weight excluding hydrogens is 162 g/mol. The van der Waals surface area contributed by atoms with Gasteiger partial charge in [0.05, 0.1) is 5.60 Å². The number of nitrogens with two attached hydrogens (primary N) is 1. The van der Waals surface area contributed by atoms with Gasteiger partial charge < -0.3 is 10.5 Å². The predicted molar refractivity (Wildman–Crippen MR) is 53.5 cm³/mol. The van der Waals surface area contributed by atoms with E-state index in [1.54, 1.807) is 0 Å². The van der Waals surface area contributed by atoms with Crippen LogP contribution in [0.1, 0.15) is 39.0 Å². The first-order valence-corrected chi connectivity index (χ1v) is 5.61. The molecule has 13 heavy (non-hydrogen) atoms. The van der Waals surface area contributed by atoms with Crippen molar-refractivity contribution < 1.29 is 4.74 Å². The summed E-state index contributed by atoms with van der Waals surface area (Å²) >= 11 is 0. The van der Waals surface area contributed by atoms with Gasteiger partial charge in [0, 0.05) is 12.5 Å². The van der Waals surface area contributed by atoms with E-state index in [1.807, 2.05) is 0 Å². The molecule has 0 aromatic carbocycles. The SMILES string of the molecule is CC1CCC2(CC1)OCCC2CN. The van der Waals surface area contributed by atoms with Crippen LogP contribution in [-0.2, 0) is 4.74 Å². The van der Waals surface area contributed by atoms with Gasteiger partial charge in [0.2, 0.25) is 0 Å². The van der Waals surface area contributed by atoms with Gasteiger partial charge in [-0.05, 0) is 44.6 Å². The second-order valence-corrected chi connectivity index (χ2v) is 4.82. The van der Waals surface area contributed by atoms with Crippen LogP contribution in [0.25, 0.3) is 0 Å². The largest absolute Gasteiger partial charge is 0.375 e. The first-order valence-electron chi connectivity index (χ1n) is 5.61. The van der Waals surface area contributed by atoms with Crippen LogP contribution < -0.4 is 5.73 Å². The molecule has 0 bridgehead atoms. The minimum atomic E-state index is 0.196. The van der Waals surface area contributed by atoms with Crippen molar-refractivity contribution in [3.05, 3.63) is 0 Å². The lowest BCUT2D eigenvalue weighted by Crippen LogP contribution is -2.42. The van der Waals surface area contributed by atoms with E-state index in [4.69, 9.17) is 10.5 Å². The Balaban J connectivity index is 2.02. The van der Waals surface area contributed by atoms with Crippen LogP contribution >= 0.6 is 0 Å². The van der Waals surface area contributed by atoms with Gasteiger partial charge >= 0.3 is 0 Å². The van der Waals surface area contributed by atoms with Gasteiger partial charge in [0.15, 0.2) is 0 Å². The van der Waals surface area contributed by atoms with Gasteiger partial charge in [0.1, 0.15) is 0 Å². The third-order valence-corrected chi connectivity index (χ3v) is 4.00. The summed E-state index contributed by atoms with van der Waals surface area (Å²) in [6.45, 7) is 4.10. The molecule has 0 amide bonds. The van der Waals surface area contributed by atoms with Gasteiger partial charge in [-0.1, -0.05) is 6.92 Å². The Bertz CT molecular complexity index is 173. The highest BCUT2D eigenvalue weighted by atomic mass is 16.5. The molecule has 0 aromatic rings. The van der Waals surface area contributed by atoms with E-state index in [2.05, 4.69) is 6.92 Å². The van der Waals surface area contributed by atoms with Crippen LogP contribution in [0.3, 0.4) is 0 Å². The fraction of sp³-hybridized carbons (Fsp3) is 1.00. The lowest BCUT2D eigenvalue weighted by Gasteiger charge is -2.39. The van der Waals surface area contributed by atoms with Crippen molar-refractivity contribution in [3.63, 3.8) is 0 Å². The van der Waals surface area contributed by atoms with Crippen LogP contribution in [0.15, 0.2) is 0 Å². The summed E-state index contributed by atoms with van der Waals surface area (Å²) in [5.41, 5.74) is 5.99. The van der Waals surface area contributed by atoms with Gasteiger partial charge in [-0.2, -0.15) is 0 Å². The second-order valence-electron chi connectivity index (χ2n) is 4.82. The smallest absolute Gasteiger partial charge is 0.0723 e. The first kappa shape index (κ1) is 9.47. The lowest BCUT2D eigenvalue weighted by atomic mass is 9.73. The van der Waals surface area contributed by atoms with Crippen molar-refractivity contribution in [2.75, 3.05) is 13.2 Å². The highest BCUT2D eigenvalue weighted by molar-refractivity contribution is 4.96. The Morgan fingerprint density at radius 2 is 2.00 bits per heavy atom. The van der Waals surface area contributed by atoms with Gasteiger partial charge in [-0.25, -0.2) is 0 Å². The summed E-state index contributed by atoms with van der Waals surface area (Å²) in [7, 11) is 0. The molecule has 2 heteroatoms. The molecule has 0 radical (unpaired) electrons. The van der Waals surface area contributed by atoms with Crippen LogP contribution in [-0.4, -0.2) is 18.8 Å². The summed E-state index contributed by atoms with van der Waals surface area (Å²) in [6.07, 6.45) is 6.34. The van der Waals surface area contributed by atoms with E-state index >= 15 is 0 Å². The summed E-state index contributed by atoms with van der Waals surface area (Å²) in [4.78, 5) is 0. The normalized spacial score (nSPS) is 45.7. The Morgan fingerprint density at radius 3 is 2.62 bits per heavy atom. The molecule has 2 aliphatic rings. The van der Waals surface area contributed by atoms with Crippen LogP contribution in [0.5, 0.6) is 0 Å². The molecule has 76 valence electrons. The third-order valence-electron chi connectivity index (χ3n) is 4.00. The van der Waals surface area contributed by atoms with Crippen molar-refractivity contribution >= 4 is 0 Å². The maximum absolute atomic E-state index is 5.95. The lowest BCUT2D eigenvalue weighted by molar-refractivity contribution is -0.0558. The molecule has 1 atom stereocenters. The third kappa shape index (κ3) is 1.62. The minimum absolute atomic E-state index is 0.196. The maximum atomic E-state index is 5.95. The van der Waals surface area contributed by atoms with Crippen LogP contribution in [0.4, 0.5) is 0 Å². The predicted octanol–water partition coefficient (Wildman–Crippen LogP) is 1.93. The first-order chi connectivity index (χ1) is 6.27. The topological polar surface area (TPSA) is 35.2 Å². The molecule has 1 saturated heterocycles. The van der Waals surface area contributed by atoms with E-state index in [9.17, 15) is 0 Å². The van der Waals surface area contributed by atoms with Gasteiger partial charge in [-0.15, -0.1) is 0 Å². The monoisotopic (exact) mass is 183 g/mol. The zero-order chi connectivity index (χ0) is 9.31. The quantitative estimate of drug-likeness (QED) is 0.674. The zero-order valence-corrected chi connectivity index (χ0v) is 8.59. The fourth-order valence-corrected chi connectivity index (χ4v) is 2.92. The molecule has 1 heterocycles. The van der Waals surface area contributed by atoms with E-state index in [1.165, 1.54) is 32.1 Å². The zero-order valence-electron chi connectivity index (χ0n) is 8.59. The molecule has 2 N–H and O–H groups in total. The molecule has 1 aliphatic heterocycles. The van der Waals surface area contributed by atoms with E-state index in [0.29, 0.717) is 5.92 Å². The Hall–Kier alpha value is -0.0800. The second kappa shape index (κ2) is 3.58. The summed E-state index contributed by atoms with van der Waals surface area (Å²) < 4.78 is 5.95. The van der Waals surface area contributed by atoms with Gasteiger partial charge in [0.25, 0.3) is 0 Å². The molecule has 1 spiro atoms. The van der Waals surface area contributed by atoms with Crippen molar-refractivity contribution in [2.24, 2.45) is 17.6 Å². The molecule has 0 aromatic heterocycles. The van der Waals surface area contributed by atoms with Crippen molar-refractivity contribution in [1.82, 2.24) is 0 Å². The Morgan fingerprint density at radius 1 is 1.31 bits per heavy atom. The van der Waals surface area contributed by atoms with Gasteiger partial charge in [-0.3, -0.25) is 0 Å². The molecule has 2 fully saturated rings. The molecule has 2 nitrogen and oxygen atoms in total. The van der Waals surface area contributed by atoms with E-state index in [-0.39, 0.29) is 5.60 Å². The highest BCUT2D eigenvalue weighted by Crippen LogP contribution is 2.44. The molecule has 1 aliphatic carbocycles. The Kier molecular flexibility index (Phi) is 2.61. The average Bonchev–Trinajstić information content (AvgIpc) is 2.54. The standard InChI is InChI=1S/C11H21NO/c1-9-2-5-11(6-3-9)10(8-12)4-7-13-11/h9-10H,2-8,12H2,1H3. The maximum Gasteiger partial charge on any atom is 0.0723 e. The van der Waals surface area contributed by atoms with Crippen LogP contribution in [0, 0.1) is 11.8 Å². The molecule has 1 saturated carbocycles. The highest BCUT2D eigenvalue weighted by Gasteiger charge is 2.44. The van der Waals surface area contributed by atoms with Crippen molar-refractivity contribution in [1.29, 1.82) is 0 Å². The molecule has 1 unspecified atom stereocenters. The van der Waals surface area contributed by atoms with E-state index in [0.717, 1.165) is 19.1 Å². The number of hydrogen-bond acceptors (Lipinski definition) is 2. The van der Waals surface area contributed by atoms with Crippen LogP contribution in [0.2, 0.25) is 0 Å². The van der Waals surface area contributed by atoms with Crippen molar-refractivity contribution in [3.8, 4) is 0 Å². The fourth-order valence-electron chi connectivity index (χ4n) is 2.92. The molecule has 2 rings (SSSR count). The number of ether oxygens (including phenoxy) is 1. The Labute approximate surface area is 80.8 Å². The number of hydrogen-bond donors (Lipinski definition) is 1. The summed E-state index contributed by atoms with van der Waals surface area (Å²) in [5, 5.41) is 0. The average molecular weight is 183 g/mol.